The molecule has 2 atom stereocenters. The molecule has 0 radical (unpaired) electrons. The highest BCUT2D eigenvalue weighted by molar-refractivity contribution is 9.10. The zero-order chi connectivity index (χ0) is 18.5. The van der Waals surface area contributed by atoms with Gasteiger partial charge in [0, 0.05) is 18.7 Å². The van der Waals surface area contributed by atoms with Crippen LogP contribution < -0.4 is 9.47 Å². The van der Waals surface area contributed by atoms with Gasteiger partial charge in [0.1, 0.15) is 0 Å². The van der Waals surface area contributed by atoms with E-state index in [0.29, 0.717) is 40.1 Å². The van der Waals surface area contributed by atoms with Gasteiger partial charge in [-0.2, -0.15) is 5.26 Å². The van der Waals surface area contributed by atoms with Crippen molar-refractivity contribution >= 4 is 21.8 Å². The molecule has 2 fully saturated rings. The van der Waals surface area contributed by atoms with Crippen molar-refractivity contribution in [2.45, 2.75) is 51.5 Å². The predicted octanol–water partition coefficient (Wildman–Crippen LogP) is 4.28. The van der Waals surface area contributed by atoms with Crippen LogP contribution in [0.1, 0.15) is 51.0 Å². The fourth-order valence-corrected chi connectivity index (χ4v) is 4.74. The van der Waals surface area contributed by atoms with Crippen molar-refractivity contribution in [1.29, 1.82) is 5.26 Å². The average molecular weight is 421 g/mol. The third-order valence-corrected chi connectivity index (χ3v) is 5.93. The van der Waals surface area contributed by atoms with E-state index >= 15 is 0 Å². The van der Waals surface area contributed by atoms with Gasteiger partial charge in [-0.15, -0.1) is 0 Å². The Bertz CT molecular complexity index is 699. The standard InChI is InChI=1S/C20H25BrN2O3/c1-2-25-18-11-14(12-22)10-16(21)20(18)26-13-19(24)23-9-5-7-15-6-3-4-8-17(15)23/h10-11,15,17H,2-9,13H2,1H3. The summed E-state index contributed by atoms with van der Waals surface area (Å²) in [5.41, 5.74) is 0.486. The lowest BCUT2D eigenvalue weighted by Crippen LogP contribution is -2.51. The van der Waals surface area contributed by atoms with Crippen LogP contribution in [-0.4, -0.2) is 36.6 Å². The Morgan fingerprint density at radius 3 is 2.81 bits per heavy atom. The lowest BCUT2D eigenvalue weighted by atomic mass is 9.78. The van der Waals surface area contributed by atoms with E-state index in [0.717, 1.165) is 19.4 Å². The Labute approximate surface area is 163 Å². The first-order valence-electron chi connectivity index (χ1n) is 9.42. The van der Waals surface area contributed by atoms with Gasteiger partial charge in [0.2, 0.25) is 0 Å². The molecule has 5 nitrogen and oxygen atoms in total. The molecule has 1 saturated carbocycles. The minimum absolute atomic E-state index is 0.00616. The van der Waals surface area contributed by atoms with E-state index in [1.165, 1.54) is 25.7 Å². The minimum atomic E-state index is -0.00616. The molecule has 1 saturated heterocycles. The maximum atomic E-state index is 12.8. The summed E-state index contributed by atoms with van der Waals surface area (Å²) in [6.07, 6.45) is 7.17. The van der Waals surface area contributed by atoms with Gasteiger partial charge < -0.3 is 14.4 Å². The first-order valence-corrected chi connectivity index (χ1v) is 10.2. The zero-order valence-corrected chi connectivity index (χ0v) is 16.8. The molecule has 3 rings (SSSR count). The third-order valence-electron chi connectivity index (χ3n) is 5.34. The van der Waals surface area contributed by atoms with Crippen molar-refractivity contribution in [3.63, 3.8) is 0 Å². The number of halogens is 1. The first kappa shape index (κ1) is 19.0. The van der Waals surface area contributed by atoms with E-state index in [-0.39, 0.29) is 12.5 Å². The molecule has 140 valence electrons. The normalized spacial score (nSPS) is 22.3. The first-order chi connectivity index (χ1) is 12.6. The summed E-state index contributed by atoms with van der Waals surface area (Å²) >= 11 is 3.43. The topological polar surface area (TPSA) is 62.6 Å². The van der Waals surface area contributed by atoms with Crippen LogP contribution in [-0.2, 0) is 4.79 Å². The van der Waals surface area contributed by atoms with Crippen molar-refractivity contribution < 1.29 is 14.3 Å². The molecule has 26 heavy (non-hydrogen) atoms. The second-order valence-corrected chi connectivity index (χ2v) is 7.81. The molecule has 2 unspecified atom stereocenters. The molecule has 1 heterocycles. The molecular formula is C20H25BrN2O3. The molecule has 0 spiro atoms. The Morgan fingerprint density at radius 2 is 2.04 bits per heavy atom. The molecule has 1 aromatic carbocycles. The zero-order valence-electron chi connectivity index (χ0n) is 15.2. The van der Waals surface area contributed by atoms with Crippen LogP contribution >= 0.6 is 15.9 Å². The van der Waals surface area contributed by atoms with Crippen LogP contribution in [0.15, 0.2) is 16.6 Å². The number of nitrogens with zero attached hydrogens (tertiary/aromatic N) is 2. The van der Waals surface area contributed by atoms with Crippen LogP contribution in [0, 0.1) is 17.2 Å². The Morgan fingerprint density at radius 1 is 1.27 bits per heavy atom. The maximum absolute atomic E-state index is 12.8. The van der Waals surface area contributed by atoms with Gasteiger partial charge in [0.25, 0.3) is 5.91 Å². The van der Waals surface area contributed by atoms with E-state index in [4.69, 9.17) is 14.7 Å². The van der Waals surface area contributed by atoms with Crippen molar-refractivity contribution in [2.75, 3.05) is 19.8 Å². The van der Waals surface area contributed by atoms with E-state index < -0.39 is 0 Å². The van der Waals surface area contributed by atoms with Gasteiger partial charge in [0.05, 0.1) is 22.7 Å². The second-order valence-electron chi connectivity index (χ2n) is 6.96. The maximum Gasteiger partial charge on any atom is 0.260 e. The van der Waals surface area contributed by atoms with E-state index in [1.54, 1.807) is 12.1 Å². The second kappa shape index (κ2) is 8.77. The predicted molar refractivity (Wildman–Crippen MR) is 102 cm³/mol. The number of carbonyl (C=O) groups is 1. The van der Waals surface area contributed by atoms with E-state index in [1.807, 2.05) is 11.8 Å². The van der Waals surface area contributed by atoms with Crippen molar-refractivity contribution in [3.05, 3.63) is 22.2 Å². The number of likely N-dealkylation sites (tertiary alicyclic amines) is 1. The van der Waals surface area contributed by atoms with Crippen LogP contribution in [0.3, 0.4) is 0 Å². The Hall–Kier alpha value is -1.74. The van der Waals surface area contributed by atoms with Gasteiger partial charge >= 0.3 is 0 Å². The summed E-state index contributed by atoms with van der Waals surface area (Å²) in [5.74, 6) is 1.67. The highest BCUT2D eigenvalue weighted by Gasteiger charge is 2.35. The van der Waals surface area contributed by atoms with Crippen LogP contribution in [0.5, 0.6) is 11.5 Å². The number of ether oxygens (including phenoxy) is 2. The number of piperidine rings is 1. The fraction of sp³-hybridized carbons (Fsp3) is 0.600. The fourth-order valence-electron chi connectivity index (χ4n) is 4.19. The molecule has 0 N–H and O–H groups in total. The summed E-state index contributed by atoms with van der Waals surface area (Å²) in [7, 11) is 0. The summed E-state index contributed by atoms with van der Waals surface area (Å²) < 4.78 is 12.1. The Kier molecular flexibility index (Phi) is 6.42. The van der Waals surface area contributed by atoms with Crippen molar-refractivity contribution in [2.24, 2.45) is 5.92 Å². The number of amides is 1. The number of benzene rings is 1. The number of nitriles is 1. The molecule has 2 aliphatic rings. The van der Waals surface area contributed by atoms with Crippen LogP contribution in [0.25, 0.3) is 0 Å². The number of fused-ring (bicyclic) bond motifs is 1. The molecule has 0 bridgehead atoms. The SMILES string of the molecule is CCOc1cc(C#N)cc(Br)c1OCC(=O)N1CCCC2CCCCC21. The summed E-state index contributed by atoms with van der Waals surface area (Å²) in [5, 5.41) is 9.12. The average Bonchev–Trinajstić information content (AvgIpc) is 2.66. The number of hydrogen-bond acceptors (Lipinski definition) is 4. The highest BCUT2D eigenvalue weighted by atomic mass is 79.9. The van der Waals surface area contributed by atoms with Crippen LogP contribution in [0.4, 0.5) is 0 Å². The monoisotopic (exact) mass is 420 g/mol. The molecule has 0 aromatic heterocycles. The van der Waals surface area contributed by atoms with Gasteiger partial charge in [-0.25, -0.2) is 0 Å². The molecule has 1 amide bonds. The number of rotatable bonds is 5. The molecule has 6 heteroatoms. The molecule has 1 aromatic rings. The summed E-state index contributed by atoms with van der Waals surface area (Å²) in [6.45, 7) is 3.16. The van der Waals surface area contributed by atoms with Crippen molar-refractivity contribution in [1.82, 2.24) is 4.90 Å². The molecule has 1 aliphatic heterocycles. The Balaban J connectivity index is 1.70. The summed E-state index contributed by atoms with van der Waals surface area (Å²) in [6, 6.07) is 5.81. The van der Waals surface area contributed by atoms with Gasteiger partial charge in [-0.1, -0.05) is 12.8 Å². The molecular weight excluding hydrogens is 396 g/mol. The number of hydrogen-bond donors (Lipinski definition) is 0. The lowest BCUT2D eigenvalue weighted by molar-refractivity contribution is -0.139. The molecule has 1 aliphatic carbocycles. The van der Waals surface area contributed by atoms with Gasteiger partial charge in [-0.05, 0) is 60.5 Å². The minimum Gasteiger partial charge on any atom is -0.490 e. The van der Waals surface area contributed by atoms with Crippen molar-refractivity contribution in [3.8, 4) is 17.6 Å². The van der Waals surface area contributed by atoms with E-state index in [9.17, 15) is 4.79 Å². The van der Waals surface area contributed by atoms with Gasteiger partial charge in [0.15, 0.2) is 18.1 Å². The number of carbonyl (C=O) groups excluding carboxylic acids is 1. The van der Waals surface area contributed by atoms with Crippen LogP contribution in [0.2, 0.25) is 0 Å². The highest BCUT2D eigenvalue weighted by Crippen LogP contribution is 2.38. The quantitative estimate of drug-likeness (QED) is 0.712. The largest absolute Gasteiger partial charge is 0.490 e. The lowest BCUT2D eigenvalue weighted by Gasteiger charge is -2.44. The smallest absolute Gasteiger partial charge is 0.260 e. The summed E-state index contributed by atoms with van der Waals surface area (Å²) in [4.78, 5) is 14.9. The van der Waals surface area contributed by atoms with E-state index in [2.05, 4.69) is 22.0 Å². The third kappa shape index (κ3) is 4.15. The van der Waals surface area contributed by atoms with Gasteiger partial charge in [-0.3, -0.25) is 4.79 Å².